The van der Waals surface area contributed by atoms with Crippen LogP contribution in [0.1, 0.15) is 25.7 Å². The molecular formula is C8H14N2O. The average Bonchev–Trinajstić information content (AvgIpc) is 2.50. The van der Waals surface area contributed by atoms with Gasteiger partial charge in [0.05, 0.1) is 6.04 Å². The van der Waals surface area contributed by atoms with Crippen LogP contribution in [0.5, 0.6) is 0 Å². The molecule has 0 amide bonds. The zero-order chi connectivity index (χ0) is 7.68. The fourth-order valence-electron chi connectivity index (χ4n) is 2.30. The first kappa shape index (κ1) is 7.22. The molecule has 0 saturated carbocycles. The number of nitrogens with zero attached hydrogens (tertiary/aromatic N) is 2. The highest BCUT2D eigenvalue weighted by Crippen LogP contribution is 2.27. The minimum absolute atomic E-state index is 0.120. The van der Waals surface area contributed by atoms with Crippen LogP contribution in [0.25, 0.3) is 0 Å². The van der Waals surface area contributed by atoms with Crippen LogP contribution < -0.4 is 0 Å². The average molecular weight is 154 g/mol. The van der Waals surface area contributed by atoms with Crippen molar-refractivity contribution in [1.82, 2.24) is 4.90 Å². The zero-order valence-corrected chi connectivity index (χ0v) is 6.70. The van der Waals surface area contributed by atoms with Gasteiger partial charge in [0.15, 0.2) is 0 Å². The summed E-state index contributed by atoms with van der Waals surface area (Å²) in [6, 6.07) is 0.806. The van der Waals surface area contributed by atoms with Gasteiger partial charge in [0, 0.05) is 12.6 Å². The first-order valence-corrected chi connectivity index (χ1v) is 4.46. The van der Waals surface area contributed by atoms with Gasteiger partial charge in [0.25, 0.3) is 0 Å². The summed E-state index contributed by atoms with van der Waals surface area (Å²) in [5.74, 6) is 0. The topological polar surface area (TPSA) is 32.7 Å². The third-order valence-corrected chi connectivity index (χ3v) is 2.94. The lowest BCUT2D eigenvalue weighted by Gasteiger charge is -2.31. The third kappa shape index (κ3) is 1.29. The van der Waals surface area contributed by atoms with Crippen LogP contribution in [0.2, 0.25) is 0 Å². The van der Waals surface area contributed by atoms with Crippen molar-refractivity contribution in [2.45, 2.75) is 37.8 Å². The Labute approximate surface area is 66.7 Å². The molecule has 2 atom stereocenters. The molecule has 0 N–H and O–H groups in total. The van der Waals surface area contributed by atoms with E-state index in [4.69, 9.17) is 0 Å². The summed E-state index contributed by atoms with van der Waals surface area (Å²) >= 11 is 0. The number of hydrogen-bond acceptors (Lipinski definition) is 3. The lowest BCUT2D eigenvalue weighted by atomic mass is 9.99. The fourth-order valence-corrected chi connectivity index (χ4v) is 2.30. The van der Waals surface area contributed by atoms with Gasteiger partial charge in [-0.15, -0.1) is 0 Å². The van der Waals surface area contributed by atoms with Gasteiger partial charge in [-0.1, -0.05) is 5.18 Å². The predicted octanol–water partition coefficient (Wildman–Crippen LogP) is 1.38. The highest BCUT2D eigenvalue weighted by Gasteiger charge is 2.31. The lowest BCUT2D eigenvalue weighted by molar-refractivity contribution is 0.182. The molecule has 11 heavy (non-hydrogen) atoms. The molecular weight excluding hydrogens is 140 g/mol. The maximum absolute atomic E-state index is 10.3. The maximum Gasteiger partial charge on any atom is 0.0946 e. The Hall–Kier alpha value is -0.440. The molecule has 2 fully saturated rings. The van der Waals surface area contributed by atoms with E-state index >= 15 is 0 Å². The smallest absolute Gasteiger partial charge is 0.0946 e. The number of hydrogen-bond donors (Lipinski definition) is 0. The van der Waals surface area contributed by atoms with E-state index in [1.54, 1.807) is 0 Å². The van der Waals surface area contributed by atoms with E-state index in [1.807, 2.05) is 0 Å². The van der Waals surface area contributed by atoms with Crippen LogP contribution in [-0.4, -0.2) is 30.1 Å². The maximum atomic E-state index is 10.3. The molecule has 3 heteroatoms. The van der Waals surface area contributed by atoms with Crippen molar-refractivity contribution in [2.24, 2.45) is 5.18 Å². The molecule has 0 aliphatic carbocycles. The monoisotopic (exact) mass is 154 g/mol. The van der Waals surface area contributed by atoms with E-state index in [0.717, 1.165) is 19.4 Å². The van der Waals surface area contributed by atoms with Crippen molar-refractivity contribution >= 4 is 0 Å². The Morgan fingerprint density at radius 2 is 2.18 bits per heavy atom. The van der Waals surface area contributed by atoms with Gasteiger partial charge >= 0.3 is 0 Å². The third-order valence-electron chi connectivity index (χ3n) is 2.94. The van der Waals surface area contributed by atoms with Crippen molar-refractivity contribution < 1.29 is 0 Å². The van der Waals surface area contributed by atoms with Crippen molar-refractivity contribution in [1.29, 1.82) is 0 Å². The minimum atomic E-state index is 0.120. The van der Waals surface area contributed by atoms with Gasteiger partial charge in [-0.25, -0.2) is 0 Å². The predicted molar refractivity (Wildman–Crippen MR) is 43.4 cm³/mol. The summed E-state index contributed by atoms with van der Waals surface area (Å²) in [7, 11) is 0. The molecule has 2 aliphatic heterocycles. The van der Waals surface area contributed by atoms with E-state index in [0.29, 0.717) is 6.04 Å². The second-order valence-corrected chi connectivity index (χ2v) is 3.62. The molecule has 3 nitrogen and oxygen atoms in total. The van der Waals surface area contributed by atoms with E-state index in [2.05, 4.69) is 10.1 Å². The molecule has 0 bridgehead atoms. The SMILES string of the molecule is O=NC1CCN2CCCC2C1. The van der Waals surface area contributed by atoms with Crippen LogP contribution in [0, 0.1) is 4.91 Å². The summed E-state index contributed by atoms with van der Waals surface area (Å²) in [6.07, 6.45) is 4.60. The van der Waals surface area contributed by atoms with Crippen LogP contribution >= 0.6 is 0 Å². The van der Waals surface area contributed by atoms with Crippen molar-refractivity contribution in [2.75, 3.05) is 13.1 Å². The molecule has 0 spiro atoms. The van der Waals surface area contributed by atoms with Crippen LogP contribution in [0.15, 0.2) is 5.18 Å². The second kappa shape index (κ2) is 2.89. The van der Waals surface area contributed by atoms with Crippen LogP contribution in [0.4, 0.5) is 0 Å². The van der Waals surface area contributed by atoms with E-state index < -0.39 is 0 Å². The molecule has 2 saturated heterocycles. The number of rotatable bonds is 1. The molecule has 2 unspecified atom stereocenters. The van der Waals surface area contributed by atoms with Gasteiger partial charge in [0.1, 0.15) is 0 Å². The normalized spacial score (nSPS) is 38.5. The number of nitroso groups, excluding NO2 is 1. The Morgan fingerprint density at radius 1 is 1.27 bits per heavy atom. The molecule has 2 aliphatic rings. The lowest BCUT2D eigenvalue weighted by Crippen LogP contribution is -2.39. The van der Waals surface area contributed by atoms with Gasteiger partial charge in [-0.05, 0) is 32.2 Å². The molecule has 0 aromatic carbocycles. The molecule has 62 valence electrons. The second-order valence-electron chi connectivity index (χ2n) is 3.62. The first-order chi connectivity index (χ1) is 5.40. The highest BCUT2D eigenvalue weighted by molar-refractivity contribution is 4.88. The molecule has 0 aromatic rings. The largest absolute Gasteiger partial charge is 0.300 e. The van der Waals surface area contributed by atoms with Crippen molar-refractivity contribution in [3.05, 3.63) is 4.91 Å². The quantitative estimate of drug-likeness (QED) is 0.534. The number of fused-ring (bicyclic) bond motifs is 1. The van der Waals surface area contributed by atoms with Gasteiger partial charge in [-0.3, -0.25) is 0 Å². The molecule has 2 rings (SSSR count). The Morgan fingerprint density at radius 3 is 3.00 bits per heavy atom. The standard InChI is InChI=1S/C8H14N2O/c11-9-7-3-5-10-4-1-2-8(10)6-7/h7-8H,1-6H2. The molecule has 2 heterocycles. The van der Waals surface area contributed by atoms with Gasteiger partial charge < -0.3 is 4.90 Å². The number of piperidine rings is 1. The Balaban J connectivity index is 1.96. The zero-order valence-electron chi connectivity index (χ0n) is 6.70. The molecule has 0 aromatic heterocycles. The Bertz CT molecular complexity index is 160. The van der Waals surface area contributed by atoms with Crippen molar-refractivity contribution in [3.63, 3.8) is 0 Å². The summed E-state index contributed by atoms with van der Waals surface area (Å²) in [4.78, 5) is 12.8. The highest BCUT2D eigenvalue weighted by atomic mass is 16.3. The fraction of sp³-hybridized carbons (Fsp3) is 1.00. The minimum Gasteiger partial charge on any atom is -0.300 e. The summed E-state index contributed by atoms with van der Waals surface area (Å²) < 4.78 is 0. The summed E-state index contributed by atoms with van der Waals surface area (Å²) in [5.41, 5.74) is 0. The summed E-state index contributed by atoms with van der Waals surface area (Å²) in [6.45, 7) is 2.34. The Kier molecular flexibility index (Phi) is 1.90. The van der Waals surface area contributed by atoms with Crippen LogP contribution in [0.3, 0.4) is 0 Å². The van der Waals surface area contributed by atoms with Gasteiger partial charge in [0.2, 0.25) is 0 Å². The van der Waals surface area contributed by atoms with E-state index in [-0.39, 0.29) is 6.04 Å². The van der Waals surface area contributed by atoms with Gasteiger partial charge in [-0.2, -0.15) is 4.91 Å². The van der Waals surface area contributed by atoms with Crippen molar-refractivity contribution in [3.8, 4) is 0 Å². The van der Waals surface area contributed by atoms with E-state index in [1.165, 1.54) is 19.4 Å². The first-order valence-electron chi connectivity index (χ1n) is 4.46. The van der Waals surface area contributed by atoms with E-state index in [9.17, 15) is 4.91 Å². The molecule has 0 radical (unpaired) electrons. The summed E-state index contributed by atoms with van der Waals surface area (Å²) in [5, 5.41) is 3.13. The van der Waals surface area contributed by atoms with Crippen LogP contribution in [-0.2, 0) is 0 Å².